The third kappa shape index (κ3) is 2.42. The molecule has 1 aromatic rings. The molecule has 1 heterocycles. The Bertz CT molecular complexity index is 564. The number of benzene rings is 1. The van der Waals surface area contributed by atoms with Gasteiger partial charge in [0.2, 0.25) is 0 Å². The summed E-state index contributed by atoms with van der Waals surface area (Å²) in [5.41, 5.74) is 1.66. The van der Waals surface area contributed by atoms with E-state index in [1.54, 1.807) is 13.2 Å². The van der Waals surface area contributed by atoms with Crippen LogP contribution in [0, 0.1) is 11.3 Å². The molecule has 0 saturated heterocycles. The van der Waals surface area contributed by atoms with Gasteiger partial charge in [-0.15, -0.1) is 0 Å². The quantitative estimate of drug-likeness (QED) is 0.851. The van der Waals surface area contributed by atoms with Crippen molar-refractivity contribution in [2.45, 2.75) is 45.3 Å². The van der Waals surface area contributed by atoms with Gasteiger partial charge in [0.1, 0.15) is 12.4 Å². The predicted molar refractivity (Wildman–Crippen MR) is 79.0 cm³/mol. The fourth-order valence-electron chi connectivity index (χ4n) is 3.89. The monoisotopic (exact) mass is 290 g/mol. The molecule has 0 spiro atoms. The van der Waals surface area contributed by atoms with E-state index >= 15 is 0 Å². The zero-order valence-corrected chi connectivity index (χ0v) is 12.8. The number of ether oxygens (including phenoxy) is 2. The molecule has 0 aromatic heterocycles. The summed E-state index contributed by atoms with van der Waals surface area (Å²) in [6.45, 7) is 4.37. The molecule has 3 atom stereocenters. The normalized spacial score (nSPS) is 29.8. The van der Waals surface area contributed by atoms with Gasteiger partial charge in [-0.05, 0) is 36.0 Å². The largest absolute Gasteiger partial charge is 0.493 e. The van der Waals surface area contributed by atoms with E-state index < -0.39 is 0 Å². The molecule has 114 valence electrons. The van der Waals surface area contributed by atoms with Gasteiger partial charge in [0.15, 0.2) is 11.5 Å². The van der Waals surface area contributed by atoms with Crippen molar-refractivity contribution in [3.63, 3.8) is 0 Å². The minimum absolute atomic E-state index is 0.00670. The van der Waals surface area contributed by atoms with E-state index in [1.165, 1.54) is 0 Å². The molecule has 1 saturated carbocycles. The van der Waals surface area contributed by atoms with Gasteiger partial charge in [0.05, 0.1) is 13.2 Å². The molecule has 0 amide bonds. The lowest BCUT2D eigenvalue weighted by atomic mass is 9.63. The maximum atomic E-state index is 11.1. The molecule has 1 aromatic carbocycles. The van der Waals surface area contributed by atoms with E-state index in [2.05, 4.69) is 13.8 Å². The molecule has 3 rings (SSSR count). The zero-order valence-electron chi connectivity index (χ0n) is 12.8. The smallest absolute Gasteiger partial charge is 0.164 e. The van der Waals surface area contributed by atoms with Crippen LogP contribution in [-0.2, 0) is 6.42 Å². The van der Waals surface area contributed by atoms with Crippen LogP contribution in [0.5, 0.6) is 11.5 Å². The van der Waals surface area contributed by atoms with Crippen LogP contribution in [-0.4, -0.2) is 30.7 Å². The summed E-state index contributed by atoms with van der Waals surface area (Å²) in [6, 6.07) is 3.60. The molecule has 0 radical (unpaired) electrons. The SMILES string of the molecule is COc1cc(C=O)cc2c1OC1CC(O)CC(C)(C)[C@H]1C2. The van der Waals surface area contributed by atoms with Crippen LogP contribution in [0.25, 0.3) is 0 Å². The molecule has 0 bridgehead atoms. The van der Waals surface area contributed by atoms with Gasteiger partial charge in [-0.2, -0.15) is 0 Å². The van der Waals surface area contributed by atoms with Crippen LogP contribution >= 0.6 is 0 Å². The van der Waals surface area contributed by atoms with Crippen molar-refractivity contribution < 1.29 is 19.4 Å². The second-order valence-corrected chi connectivity index (χ2v) is 6.88. The third-order valence-corrected chi connectivity index (χ3v) is 4.94. The summed E-state index contributed by atoms with van der Waals surface area (Å²) < 4.78 is 11.5. The molecule has 1 aliphatic carbocycles. The molecule has 2 unspecified atom stereocenters. The molecular formula is C17H22O4. The van der Waals surface area contributed by atoms with Crippen LogP contribution in [0.1, 0.15) is 42.6 Å². The lowest BCUT2D eigenvalue weighted by Crippen LogP contribution is -2.49. The first kappa shape index (κ1) is 14.4. The van der Waals surface area contributed by atoms with Gasteiger partial charge < -0.3 is 14.6 Å². The number of rotatable bonds is 2. The Labute approximate surface area is 125 Å². The number of hydrogen-bond donors (Lipinski definition) is 1. The standard InChI is InChI=1S/C17H22O4/c1-17(2)8-12(19)7-14-13(17)6-11-4-10(9-18)5-15(20-3)16(11)21-14/h4-5,9,12-14,19H,6-8H2,1-3H3/t12?,13-,14?/m0/s1. The molecule has 1 N–H and O–H groups in total. The molecular weight excluding hydrogens is 268 g/mol. The van der Waals surface area contributed by atoms with Crippen LogP contribution < -0.4 is 9.47 Å². The van der Waals surface area contributed by atoms with Crippen LogP contribution in [0.2, 0.25) is 0 Å². The second-order valence-electron chi connectivity index (χ2n) is 6.88. The number of carbonyl (C=O) groups is 1. The van der Waals surface area contributed by atoms with Gasteiger partial charge in [-0.1, -0.05) is 13.8 Å². The van der Waals surface area contributed by atoms with Gasteiger partial charge in [0, 0.05) is 17.9 Å². The molecule has 4 nitrogen and oxygen atoms in total. The number of methoxy groups -OCH3 is 1. The second kappa shape index (κ2) is 5.02. The summed E-state index contributed by atoms with van der Waals surface area (Å²) in [4.78, 5) is 11.1. The Hall–Kier alpha value is -1.55. The Morgan fingerprint density at radius 3 is 2.86 bits per heavy atom. The van der Waals surface area contributed by atoms with Crippen molar-refractivity contribution in [3.8, 4) is 11.5 Å². The van der Waals surface area contributed by atoms with Crippen molar-refractivity contribution in [2.24, 2.45) is 11.3 Å². The zero-order chi connectivity index (χ0) is 15.2. The summed E-state index contributed by atoms with van der Waals surface area (Å²) in [6.07, 6.45) is 2.83. The number of aldehydes is 1. The Morgan fingerprint density at radius 1 is 1.43 bits per heavy atom. The maximum absolute atomic E-state index is 11.1. The number of hydrogen-bond acceptors (Lipinski definition) is 4. The lowest BCUT2D eigenvalue weighted by Gasteiger charge is -2.48. The molecule has 1 aliphatic heterocycles. The van der Waals surface area contributed by atoms with Gasteiger partial charge in [-0.3, -0.25) is 4.79 Å². The van der Waals surface area contributed by atoms with Crippen molar-refractivity contribution in [2.75, 3.05) is 7.11 Å². The van der Waals surface area contributed by atoms with Crippen LogP contribution in [0.4, 0.5) is 0 Å². The van der Waals surface area contributed by atoms with Gasteiger partial charge >= 0.3 is 0 Å². The number of aliphatic hydroxyl groups excluding tert-OH is 1. The van der Waals surface area contributed by atoms with E-state index in [4.69, 9.17) is 9.47 Å². The van der Waals surface area contributed by atoms with Crippen molar-refractivity contribution in [3.05, 3.63) is 23.3 Å². The molecule has 4 heteroatoms. The molecule has 2 aliphatic rings. The van der Waals surface area contributed by atoms with E-state index in [-0.39, 0.29) is 17.6 Å². The topological polar surface area (TPSA) is 55.8 Å². The average molecular weight is 290 g/mol. The number of aliphatic hydroxyl groups is 1. The van der Waals surface area contributed by atoms with E-state index in [1.807, 2.05) is 6.07 Å². The first-order valence-electron chi connectivity index (χ1n) is 7.45. The third-order valence-electron chi connectivity index (χ3n) is 4.94. The fourth-order valence-corrected chi connectivity index (χ4v) is 3.89. The predicted octanol–water partition coefficient (Wildman–Crippen LogP) is 2.61. The minimum atomic E-state index is -0.317. The van der Waals surface area contributed by atoms with Gasteiger partial charge in [-0.25, -0.2) is 0 Å². The van der Waals surface area contributed by atoms with Crippen LogP contribution in [0.15, 0.2) is 12.1 Å². The maximum Gasteiger partial charge on any atom is 0.164 e. The minimum Gasteiger partial charge on any atom is -0.493 e. The highest BCUT2D eigenvalue weighted by atomic mass is 16.5. The van der Waals surface area contributed by atoms with E-state index in [9.17, 15) is 9.90 Å². The Balaban J connectivity index is 2.03. The van der Waals surface area contributed by atoms with E-state index in [0.717, 1.165) is 30.4 Å². The highest BCUT2D eigenvalue weighted by molar-refractivity contribution is 5.77. The number of fused-ring (bicyclic) bond motifs is 2. The Kier molecular flexibility index (Phi) is 3.44. The number of carbonyl (C=O) groups excluding carboxylic acids is 1. The first-order chi connectivity index (χ1) is 9.94. The molecule has 1 fully saturated rings. The van der Waals surface area contributed by atoms with Crippen molar-refractivity contribution in [1.82, 2.24) is 0 Å². The summed E-state index contributed by atoms with van der Waals surface area (Å²) in [7, 11) is 1.58. The van der Waals surface area contributed by atoms with Crippen LogP contribution in [0.3, 0.4) is 0 Å². The molecule has 21 heavy (non-hydrogen) atoms. The van der Waals surface area contributed by atoms with Gasteiger partial charge in [0.25, 0.3) is 0 Å². The first-order valence-corrected chi connectivity index (χ1v) is 7.45. The fraction of sp³-hybridized carbons (Fsp3) is 0.588. The summed E-state index contributed by atoms with van der Waals surface area (Å²) >= 11 is 0. The highest BCUT2D eigenvalue weighted by Crippen LogP contribution is 2.49. The summed E-state index contributed by atoms with van der Waals surface area (Å²) in [5.74, 6) is 1.68. The van der Waals surface area contributed by atoms with E-state index in [0.29, 0.717) is 23.7 Å². The van der Waals surface area contributed by atoms with Crippen molar-refractivity contribution in [1.29, 1.82) is 0 Å². The summed E-state index contributed by atoms with van der Waals surface area (Å²) in [5, 5.41) is 10.1. The van der Waals surface area contributed by atoms with Crippen molar-refractivity contribution >= 4 is 6.29 Å². The lowest BCUT2D eigenvalue weighted by molar-refractivity contribution is -0.0641. The highest BCUT2D eigenvalue weighted by Gasteiger charge is 2.46. The Morgan fingerprint density at radius 2 is 2.19 bits per heavy atom. The average Bonchev–Trinajstić information content (AvgIpc) is 2.43.